The van der Waals surface area contributed by atoms with Crippen molar-refractivity contribution in [2.75, 3.05) is 0 Å². The molecule has 0 aliphatic carbocycles. The molecule has 0 saturated carbocycles. The Hall–Kier alpha value is -4.28. The minimum absolute atomic E-state index is 0.00322. The Labute approximate surface area is 158 Å². The lowest BCUT2D eigenvalue weighted by Crippen LogP contribution is -2.24. The monoisotopic (exact) mass is 381 g/mol. The maximum Gasteiger partial charge on any atom is 0.332 e. The number of nitrogens with two attached hydrogens (primary N) is 1. The first-order valence-corrected chi connectivity index (χ1v) is 7.99. The fourth-order valence-electron chi connectivity index (χ4n) is 2.25. The van der Waals surface area contributed by atoms with Crippen LogP contribution < -0.4 is 15.9 Å². The van der Waals surface area contributed by atoms with Gasteiger partial charge in [-0.05, 0) is 24.3 Å². The van der Waals surface area contributed by atoms with E-state index in [1.165, 1.54) is 23.0 Å². The molecule has 28 heavy (non-hydrogen) atoms. The van der Waals surface area contributed by atoms with Crippen molar-refractivity contribution >= 4 is 17.9 Å². The Morgan fingerprint density at radius 1 is 1.29 bits per heavy atom. The van der Waals surface area contributed by atoms with Crippen LogP contribution in [-0.2, 0) is 6.61 Å². The van der Waals surface area contributed by atoms with Crippen LogP contribution in [0.4, 0.5) is 10.5 Å². The van der Waals surface area contributed by atoms with Gasteiger partial charge in [0.1, 0.15) is 18.1 Å². The zero-order valence-electron chi connectivity index (χ0n) is 14.4. The molecular weight excluding hydrogens is 366 g/mol. The summed E-state index contributed by atoms with van der Waals surface area (Å²) in [7, 11) is 0. The number of nitro benzene ring substituents is 1. The van der Waals surface area contributed by atoms with E-state index < -0.39 is 11.0 Å². The molecule has 3 rings (SSSR count). The van der Waals surface area contributed by atoms with Crippen LogP contribution in [0.25, 0.3) is 5.69 Å². The lowest BCUT2D eigenvalue weighted by molar-refractivity contribution is -0.384. The molecule has 2 aromatic carbocycles. The van der Waals surface area contributed by atoms with Crippen LogP contribution in [0.2, 0.25) is 0 Å². The molecule has 142 valence electrons. The molecule has 0 bridgehead atoms. The van der Waals surface area contributed by atoms with E-state index in [0.29, 0.717) is 22.7 Å². The summed E-state index contributed by atoms with van der Waals surface area (Å²) in [5, 5.41) is 22.4. The van der Waals surface area contributed by atoms with Crippen LogP contribution in [0.3, 0.4) is 0 Å². The van der Waals surface area contributed by atoms with Crippen LogP contribution in [-0.4, -0.2) is 32.2 Å². The van der Waals surface area contributed by atoms with E-state index >= 15 is 0 Å². The van der Waals surface area contributed by atoms with Crippen molar-refractivity contribution < 1.29 is 14.5 Å². The molecule has 0 aliphatic heterocycles. The Bertz CT molecular complexity index is 1010. The van der Waals surface area contributed by atoms with Gasteiger partial charge in [-0.1, -0.05) is 17.3 Å². The number of nitro groups is 1. The third-order valence-corrected chi connectivity index (χ3v) is 3.54. The van der Waals surface area contributed by atoms with Gasteiger partial charge < -0.3 is 10.5 Å². The fraction of sp³-hybridized carbons (Fsp3) is 0.0588. The molecule has 0 unspecified atom stereocenters. The average molecular weight is 381 g/mol. The van der Waals surface area contributed by atoms with Crippen molar-refractivity contribution in [2.45, 2.75) is 6.61 Å². The third kappa shape index (κ3) is 4.66. The predicted octanol–water partition coefficient (Wildman–Crippen LogP) is 1.76. The van der Waals surface area contributed by atoms with Gasteiger partial charge in [0.25, 0.3) is 5.69 Å². The highest BCUT2D eigenvalue weighted by Gasteiger charge is 2.08. The van der Waals surface area contributed by atoms with E-state index in [2.05, 4.69) is 20.8 Å². The summed E-state index contributed by atoms with van der Waals surface area (Å²) >= 11 is 0. The molecule has 0 aliphatic rings. The lowest BCUT2D eigenvalue weighted by Gasteiger charge is -2.07. The van der Waals surface area contributed by atoms with Gasteiger partial charge in [-0.2, -0.15) is 5.10 Å². The summed E-state index contributed by atoms with van der Waals surface area (Å²) in [6, 6.07) is 12.3. The number of nitrogens with zero attached hydrogens (tertiary/aromatic N) is 5. The highest BCUT2D eigenvalue weighted by Crippen LogP contribution is 2.18. The van der Waals surface area contributed by atoms with E-state index in [1.54, 1.807) is 42.6 Å². The summed E-state index contributed by atoms with van der Waals surface area (Å²) in [6.07, 6.45) is 3.07. The number of hydrogen-bond donors (Lipinski definition) is 2. The highest BCUT2D eigenvalue weighted by atomic mass is 16.6. The number of para-hydroxylation sites is 1. The molecule has 11 heteroatoms. The average Bonchev–Trinajstić information content (AvgIpc) is 3.16. The molecule has 0 radical (unpaired) electrons. The number of hydrazone groups is 1. The summed E-state index contributed by atoms with van der Waals surface area (Å²) in [6.45, 7) is 0.140. The summed E-state index contributed by atoms with van der Waals surface area (Å²) in [4.78, 5) is 20.9. The zero-order valence-corrected chi connectivity index (χ0v) is 14.4. The topological polar surface area (TPSA) is 151 Å². The van der Waals surface area contributed by atoms with Crippen molar-refractivity contribution in [3.8, 4) is 11.4 Å². The molecule has 3 aromatic rings. The number of aromatic nitrogens is 3. The standard InChI is InChI=1S/C17H15N7O4/c18-17(25)21-19-9-12-3-1-2-4-16(12)28-11-13-10-23(22-20-13)14-5-7-15(8-6-14)24(26)27/h1-10H,11H2,(H3,18,21,25)/b19-9+. The number of nitrogens with one attached hydrogen (secondary N) is 1. The van der Waals surface area contributed by atoms with Gasteiger partial charge in [-0.3, -0.25) is 10.1 Å². The molecule has 11 nitrogen and oxygen atoms in total. The smallest absolute Gasteiger partial charge is 0.332 e. The number of primary amides is 1. The molecule has 1 aromatic heterocycles. The molecular formula is C17H15N7O4. The SMILES string of the molecule is NC(=O)N/N=C/c1ccccc1OCc1cn(-c2ccc([N+](=O)[O-])cc2)nn1. The number of hydrogen-bond acceptors (Lipinski definition) is 7. The van der Waals surface area contributed by atoms with E-state index in [9.17, 15) is 14.9 Å². The number of carbonyl (C=O) groups is 1. The van der Waals surface area contributed by atoms with Crippen molar-refractivity contribution in [1.29, 1.82) is 0 Å². The first-order valence-electron chi connectivity index (χ1n) is 7.99. The first kappa shape index (κ1) is 18.5. The van der Waals surface area contributed by atoms with Gasteiger partial charge in [-0.25, -0.2) is 14.9 Å². The van der Waals surface area contributed by atoms with Crippen LogP contribution >= 0.6 is 0 Å². The Kier molecular flexibility index (Phi) is 5.55. The second-order valence-electron chi connectivity index (χ2n) is 5.49. The Morgan fingerprint density at radius 3 is 2.75 bits per heavy atom. The van der Waals surface area contributed by atoms with Gasteiger partial charge >= 0.3 is 6.03 Å². The zero-order chi connectivity index (χ0) is 19.9. The molecule has 0 spiro atoms. The van der Waals surface area contributed by atoms with Gasteiger partial charge in [0.05, 0.1) is 23.0 Å². The van der Waals surface area contributed by atoms with Crippen LogP contribution in [0.1, 0.15) is 11.3 Å². The number of benzene rings is 2. The summed E-state index contributed by atoms with van der Waals surface area (Å²) in [5.41, 5.74) is 8.89. The second-order valence-corrected chi connectivity index (χ2v) is 5.49. The molecule has 2 amide bonds. The van der Waals surface area contributed by atoms with Crippen molar-refractivity contribution in [2.24, 2.45) is 10.8 Å². The van der Waals surface area contributed by atoms with Crippen molar-refractivity contribution in [3.63, 3.8) is 0 Å². The molecule has 3 N–H and O–H groups in total. The number of urea groups is 1. The Balaban J connectivity index is 1.67. The van der Waals surface area contributed by atoms with Gasteiger partial charge in [0, 0.05) is 17.7 Å². The van der Waals surface area contributed by atoms with E-state index in [1.807, 2.05) is 0 Å². The van der Waals surface area contributed by atoms with E-state index in [4.69, 9.17) is 10.5 Å². The minimum atomic E-state index is -0.766. The number of amides is 2. The number of rotatable bonds is 7. The minimum Gasteiger partial charge on any atom is -0.486 e. The van der Waals surface area contributed by atoms with E-state index in [0.717, 1.165) is 0 Å². The van der Waals surface area contributed by atoms with Gasteiger partial charge in [0.2, 0.25) is 0 Å². The second kappa shape index (κ2) is 8.40. The summed E-state index contributed by atoms with van der Waals surface area (Å²) < 4.78 is 7.23. The van der Waals surface area contributed by atoms with Crippen molar-refractivity contribution in [1.82, 2.24) is 20.4 Å². The van der Waals surface area contributed by atoms with E-state index in [-0.39, 0.29) is 12.3 Å². The van der Waals surface area contributed by atoms with Crippen molar-refractivity contribution in [3.05, 3.63) is 76.1 Å². The number of non-ortho nitro benzene ring substituents is 1. The maximum absolute atomic E-state index is 10.7. The lowest BCUT2D eigenvalue weighted by atomic mass is 10.2. The first-order chi connectivity index (χ1) is 13.5. The van der Waals surface area contributed by atoms with Crippen LogP contribution in [0.15, 0.2) is 59.8 Å². The third-order valence-electron chi connectivity index (χ3n) is 3.54. The fourth-order valence-corrected chi connectivity index (χ4v) is 2.25. The largest absolute Gasteiger partial charge is 0.486 e. The van der Waals surface area contributed by atoms with Crippen LogP contribution in [0.5, 0.6) is 5.75 Å². The maximum atomic E-state index is 10.7. The van der Waals surface area contributed by atoms with Gasteiger partial charge in [-0.15, -0.1) is 5.10 Å². The Morgan fingerprint density at radius 2 is 2.04 bits per heavy atom. The van der Waals surface area contributed by atoms with Gasteiger partial charge in [0.15, 0.2) is 0 Å². The molecule has 0 fully saturated rings. The molecule has 0 saturated heterocycles. The molecule has 0 atom stereocenters. The predicted molar refractivity (Wildman–Crippen MR) is 99.1 cm³/mol. The summed E-state index contributed by atoms with van der Waals surface area (Å²) in [5.74, 6) is 0.530. The molecule has 1 heterocycles. The number of ether oxygens (including phenoxy) is 1. The quantitative estimate of drug-likeness (QED) is 0.361. The van der Waals surface area contributed by atoms with Crippen LogP contribution in [0, 0.1) is 10.1 Å². The number of carbonyl (C=O) groups excluding carboxylic acids is 1. The normalized spacial score (nSPS) is 10.7. The highest BCUT2D eigenvalue weighted by molar-refractivity contribution is 5.84.